The monoisotopic (exact) mass is 526 g/mol. The molecule has 0 bridgehead atoms. The minimum atomic E-state index is -0.427. The lowest BCUT2D eigenvalue weighted by atomic mass is 10.1. The molecule has 2 aromatic carbocycles. The van der Waals surface area contributed by atoms with Crippen LogP contribution in [0.4, 0.5) is 14.9 Å². The van der Waals surface area contributed by atoms with E-state index in [1.54, 1.807) is 25.3 Å². The highest BCUT2D eigenvalue weighted by molar-refractivity contribution is 9.09. The van der Waals surface area contributed by atoms with Gasteiger partial charge in [0.1, 0.15) is 11.6 Å². The van der Waals surface area contributed by atoms with Crippen molar-refractivity contribution in [2.45, 2.75) is 37.6 Å². The fraction of sp³-hybridized carbons (Fsp3) is 0.458. The SMILES string of the molecule is CCCCCOc1cc(NC(=O)N(Cc2cc(F)ccc2OC)CC(Br)CO)ccc1OC. The normalized spacial score (nSPS) is 11.6. The summed E-state index contributed by atoms with van der Waals surface area (Å²) in [5.41, 5.74) is 1.04. The molecule has 0 saturated heterocycles. The first-order valence-electron chi connectivity index (χ1n) is 10.9. The van der Waals surface area contributed by atoms with Gasteiger partial charge in [-0.3, -0.25) is 0 Å². The first kappa shape index (κ1) is 26.7. The second-order valence-corrected chi connectivity index (χ2v) is 8.76. The number of carbonyl (C=O) groups excluding carboxylic acids is 1. The average Bonchev–Trinajstić information content (AvgIpc) is 2.81. The molecule has 9 heteroatoms. The van der Waals surface area contributed by atoms with Gasteiger partial charge in [-0.05, 0) is 36.8 Å². The van der Waals surface area contributed by atoms with Gasteiger partial charge in [0, 0.05) is 23.9 Å². The molecular weight excluding hydrogens is 495 g/mol. The van der Waals surface area contributed by atoms with Crippen molar-refractivity contribution in [2.75, 3.05) is 39.3 Å². The first-order chi connectivity index (χ1) is 15.9. The van der Waals surface area contributed by atoms with Crippen molar-refractivity contribution in [1.82, 2.24) is 4.90 Å². The van der Waals surface area contributed by atoms with Gasteiger partial charge in [-0.25, -0.2) is 9.18 Å². The van der Waals surface area contributed by atoms with Gasteiger partial charge in [0.2, 0.25) is 0 Å². The number of aliphatic hydroxyl groups excluding tert-OH is 1. The molecule has 182 valence electrons. The third-order valence-corrected chi connectivity index (χ3v) is 5.51. The Bertz CT molecular complexity index is 899. The molecule has 0 heterocycles. The lowest BCUT2D eigenvalue weighted by Gasteiger charge is -2.26. The molecule has 2 amide bonds. The number of anilines is 1. The molecule has 33 heavy (non-hydrogen) atoms. The molecule has 7 nitrogen and oxygen atoms in total. The fourth-order valence-electron chi connectivity index (χ4n) is 3.20. The Hall–Kier alpha value is -2.52. The van der Waals surface area contributed by atoms with Crippen LogP contribution in [0.25, 0.3) is 0 Å². The van der Waals surface area contributed by atoms with Crippen LogP contribution in [0.5, 0.6) is 17.2 Å². The largest absolute Gasteiger partial charge is 0.496 e. The summed E-state index contributed by atoms with van der Waals surface area (Å²) in [6, 6.07) is 8.89. The Balaban J connectivity index is 2.20. The predicted octanol–water partition coefficient (Wildman–Crippen LogP) is 5.20. The number of hydrogen-bond donors (Lipinski definition) is 2. The number of nitrogens with zero attached hydrogens (tertiary/aromatic N) is 1. The Morgan fingerprint density at radius 2 is 1.85 bits per heavy atom. The van der Waals surface area contributed by atoms with Gasteiger partial charge in [-0.2, -0.15) is 0 Å². The van der Waals surface area contributed by atoms with E-state index in [0.29, 0.717) is 35.1 Å². The van der Waals surface area contributed by atoms with Gasteiger partial charge in [0.05, 0.1) is 38.8 Å². The van der Waals surface area contributed by atoms with E-state index in [2.05, 4.69) is 28.2 Å². The summed E-state index contributed by atoms with van der Waals surface area (Å²) in [6.45, 7) is 2.79. The van der Waals surface area contributed by atoms with Gasteiger partial charge < -0.3 is 29.5 Å². The quantitative estimate of drug-likeness (QED) is 0.277. The summed E-state index contributed by atoms with van der Waals surface area (Å²) in [4.78, 5) is 14.2. The van der Waals surface area contributed by atoms with E-state index in [1.165, 1.54) is 30.2 Å². The second-order valence-electron chi connectivity index (χ2n) is 7.47. The number of nitrogens with one attached hydrogen (secondary N) is 1. The molecule has 0 aromatic heterocycles. The number of urea groups is 1. The smallest absolute Gasteiger partial charge is 0.322 e. The zero-order valence-electron chi connectivity index (χ0n) is 19.3. The van der Waals surface area contributed by atoms with Crippen LogP contribution in [-0.4, -0.2) is 54.8 Å². The van der Waals surface area contributed by atoms with Gasteiger partial charge in [-0.15, -0.1) is 0 Å². The summed E-state index contributed by atoms with van der Waals surface area (Å²) < 4.78 is 30.3. The van der Waals surface area contributed by atoms with Gasteiger partial charge in [0.25, 0.3) is 0 Å². The van der Waals surface area contributed by atoms with Crippen molar-refractivity contribution in [3.8, 4) is 17.2 Å². The lowest BCUT2D eigenvalue weighted by Crippen LogP contribution is -2.39. The van der Waals surface area contributed by atoms with Gasteiger partial charge in [-0.1, -0.05) is 35.7 Å². The molecule has 2 N–H and O–H groups in total. The number of hydrogen-bond acceptors (Lipinski definition) is 5. The van der Waals surface area contributed by atoms with E-state index in [4.69, 9.17) is 14.2 Å². The van der Waals surface area contributed by atoms with Crippen molar-refractivity contribution in [1.29, 1.82) is 0 Å². The number of alkyl halides is 1. The number of unbranched alkanes of at least 4 members (excludes halogenated alkanes) is 2. The van der Waals surface area contributed by atoms with E-state index in [9.17, 15) is 14.3 Å². The highest BCUT2D eigenvalue weighted by Gasteiger charge is 2.20. The number of halogens is 2. The Labute approximate surface area is 203 Å². The number of methoxy groups -OCH3 is 2. The van der Waals surface area contributed by atoms with Crippen LogP contribution >= 0.6 is 15.9 Å². The van der Waals surface area contributed by atoms with E-state index in [0.717, 1.165) is 19.3 Å². The predicted molar refractivity (Wildman–Crippen MR) is 130 cm³/mol. The van der Waals surface area contributed by atoms with Gasteiger partial charge >= 0.3 is 6.03 Å². The molecule has 2 rings (SSSR count). The molecular formula is C24H32BrFN2O5. The Kier molecular flexibility index (Phi) is 11.3. The van der Waals surface area contributed by atoms with Crippen molar-refractivity contribution in [3.63, 3.8) is 0 Å². The number of amides is 2. The number of aliphatic hydroxyl groups is 1. The Morgan fingerprint density at radius 3 is 2.52 bits per heavy atom. The maximum atomic E-state index is 13.8. The van der Waals surface area contributed by atoms with E-state index in [-0.39, 0.29) is 24.5 Å². The van der Waals surface area contributed by atoms with Crippen LogP contribution in [0, 0.1) is 5.82 Å². The van der Waals surface area contributed by atoms with Crippen molar-refractivity contribution < 1.29 is 28.5 Å². The topological polar surface area (TPSA) is 80.3 Å². The third kappa shape index (κ3) is 8.40. The molecule has 0 saturated carbocycles. The standard InChI is InChI=1S/C24H32BrFN2O5/c1-4-5-6-11-33-23-13-20(8-10-22(23)32-3)27-24(30)28(15-18(25)16-29)14-17-12-19(26)7-9-21(17)31-2/h7-10,12-13,18,29H,4-6,11,14-16H2,1-3H3,(H,27,30). The summed E-state index contributed by atoms with van der Waals surface area (Å²) >= 11 is 3.35. The number of benzene rings is 2. The van der Waals surface area contributed by atoms with Crippen LogP contribution in [-0.2, 0) is 6.54 Å². The maximum absolute atomic E-state index is 13.8. The molecule has 0 aliphatic rings. The van der Waals surface area contributed by atoms with Crippen molar-refractivity contribution in [3.05, 3.63) is 47.8 Å². The van der Waals surface area contributed by atoms with Crippen LogP contribution in [0.15, 0.2) is 36.4 Å². The fourth-order valence-corrected chi connectivity index (χ4v) is 3.55. The molecule has 0 fully saturated rings. The summed E-state index contributed by atoms with van der Waals surface area (Å²) in [6.07, 6.45) is 3.08. The third-order valence-electron chi connectivity index (χ3n) is 4.93. The van der Waals surface area contributed by atoms with Crippen LogP contribution in [0.3, 0.4) is 0 Å². The molecule has 1 unspecified atom stereocenters. The van der Waals surface area contributed by atoms with E-state index < -0.39 is 11.8 Å². The number of carbonyl (C=O) groups is 1. The summed E-state index contributed by atoms with van der Waals surface area (Å²) in [5, 5.41) is 12.3. The van der Waals surface area contributed by atoms with Crippen molar-refractivity contribution in [2.24, 2.45) is 0 Å². The minimum absolute atomic E-state index is 0.0887. The van der Waals surface area contributed by atoms with Crippen LogP contribution in [0.2, 0.25) is 0 Å². The zero-order chi connectivity index (χ0) is 24.2. The number of ether oxygens (including phenoxy) is 3. The van der Waals surface area contributed by atoms with Gasteiger partial charge in [0.15, 0.2) is 11.5 Å². The molecule has 1 atom stereocenters. The van der Waals surface area contributed by atoms with E-state index in [1.807, 2.05) is 0 Å². The Morgan fingerprint density at radius 1 is 1.12 bits per heavy atom. The summed E-state index contributed by atoms with van der Waals surface area (Å²) in [7, 11) is 3.05. The van der Waals surface area contributed by atoms with Crippen LogP contribution < -0.4 is 19.5 Å². The van der Waals surface area contributed by atoms with E-state index >= 15 is 0 Å². The highest BCUT2D eigenvalue weighted by atomic mass is 79.9. The lowest BCUT2D eigenvalue weighted by molar-refractivity contribution is 0.201. The first-order valence-corrected chi connectivity index (χ1v) is 11.8. The molecule has 0 radical (unpaired) electrons. The maximum Gasteiger partial charge on any atom is 0.322 e. The summed E-state index contributed by atoms with van der Waals surface area (Å²) in [5.74, 6) is 1.16. The average molecular weight is 527 g/mol. The number of rotatable bonds is 13. The minimum Gasteiger partial charge on any atom is -0.496 e. The second kappa shape index (κ2) is 13.9. The molecule has 0 spiro atoms. The molecule has 0 aliphatic carbocycles. The van der Waals surface area contributed by atoms with Crippen molar-refractivity contribution >= 4 is 27.6 Å². The zero-order valence-corrected chi connectivity index (χ0v) is 20.9. The molecule has 0 aliphatic heterocycles. The van der Waals surface area contributed by atoms with Crippen LogP contribution in [0.1, 0.15) is 31.7 Å². The highest BCUT2D eigenvalue weighted by Crippen LogP contribution is 2.31. The molecule has 2 aromatic rings.